The largest absolute Gasteiger partial charge is 0.381 e. The van der Waals surface area contributed by atoms with Crippen LogP contribution < -0.4 is 5.32 Å². The van der Waals surface area contributed by atoms with Crippen LogP contribution in [-0.4, -0.2) is 59.0 Å². The van der Waals surface area contributed by atoms with Gasteiger partial charge in [0.25, 0.3) is 6.43 Å². The number of carbonyl (C=O) groups excluding carboxylic acids is 1. The van der Waals surface area contributed by atoms with E-state index in [2.05, 4.69) is 53.2 Å². The molecular formula is C24H34F2N4O2S. The average Bonchev–Trinajstić information content (AvgIpc) is 3.09. The van der Waals surface area contributed by atoms with Gasteiger partial charge in [-0.2, -0.15) is 0 Å². The maximum atomic E-state index is 12.2. The summed E-state index contributed by atoms with van der Waals surface area (Å²) in [6.07, 6.45) is -0.0220. The van der Waals surface area contributed by atoms with E-state index in [-0.39, 0.29) is 17.2 Å². The van der Waals surface area contributed by atoms with E-state index in [0.717, 1.165) is 61.9 Å². The van der Waals surface area contributed by atoms with E-state index in [1.807, 2.05) is 0 Å². The lowest BCUT2D eigenvalue weighted by Crippen LogP contribution is -2.44. The van der Waals surface area contributed by atoms with Crippen molar-refractivity contribution >= 4 is 28.9 Å². The standard InChI is InChI=1S/C24H34F2N4O2S/c1-24(2,3)23-28-19-11-18(4-5-20(19)30(23)15-16-6-8-32-9-7-16)33-29-13-17(14-29)10-22(31)27-12-21(25)26/h4-5,11,16-17,21H,6-10,12-15H2,1-3H3,(H,27,31). The fourth-order valence-electron chi connectivity index (χ4n) is 4.51. The van der Waals surface area contributed by atoms with Gasteiger partial charge in [0.15, 0.2) is 0 Å². The molecule has 2 aromatic rings. The Bertz CT molecular complexity index is 963. The number of rotatable bonds is 8. The van der Waals surface area contributed by atoms with Crippen LogP contribution in [0.1, 0.15) is 45.9 Å². The second kappa shape index (κ2) is 10.3. The van der Waals surface area contributed by atoms with E-state index < -0.39 is 13.0 Å². The van der Waals surface area contributed by atoms with E-state index >= 15 is 0 Å². The summed E-state index contributed by atoms with van der Waals surface area (Å²) in [5.41, 5.74) is 2.14. The summed E-state index contributed by atoms with van der Waals surface area (Å²) in [6.45, 7) is 10.3. The van der Waals surface area contributed by atoms with Gasteiger partial charge < -0.3 is 14.6 Å². The van der Waals surface area contributed by atoms with Crippen molar-refractivity contribution in [1.82, 2.24) is 19.2 Å². The number of fused-ring (bicyclic) bond motifs is 1. The number of halogens is 2. The van der Waals surface area contributed by atoms with Gasteiger partial charge in [-0.25, -0.2) is 18.1 Å². The Morgan fingerprint density at radius 2 is 1.97 bits per heavy atom. The number of alkyl halides is 2. The number of aromatic nitrogens is 2. The first kappa shape index (κ1) is 24.4. The fraction of sp³-hybridized carbons (Fsp3) is 0.667. The molecule has 2 aliphatic heterocycles. The number of carbonyl (C=O) groups is 1. The van der Waals surface area contributed by atoms with Gasteiger partial charge in [-0.1, -0.05) is 20.8 Å². The minimum atomic E-state index is -2.50. The topological polar surface area (TPSA) is 59.4 Å². The number of amides is 1. The maximum Gasteiger partial charge on any atom is 0.255 e. The van der Waals surface area contributed by atoms with Crippen molar-refractivity contribution in [3.63, 3.8) is 0 Å². The summed E-state index contributed by atoms with van der Waals surface area (Å²) < 4.78 is 34.6. The Morgan fingerprint density at radius 3 is 2.64 bits per heavy atom. The number of imidazole rings is 1. The quantitative estimate of drug-likeness (QED) is 0.565. The zero-order valence-electron chi connectivity index (χ0n) is 19.7. The van der Waals surface area contributed by atoms with Crippen molar-refractivity contribution in [3.05, 3.63) is 24.0 Å². The van der Waals surface area contributed by atoms with Crippen LogP contribution in [-0.2, 0) is 21.5 Å². The third-order valence-electron chi connectivity index (χ3n) is 6.26. The molecule has 6 nitrogen and oxygen atoms in total. The van der Waals surface area contributed by atoms with Crippen molar-refractivity contribution in [3.8, 4) is 0 Å². The van der Waals surface area contributed by atoms with Gasteiger partial charge in [0.1, 0.15) is 5.82 Å². The third kappa shape index (κ3) is 6.25. The van der Waals surface area contributed by atoms with E-state index in [4.69, 9.17) is 9.72 Å². The second-order valence-electron chi connectivity index (χ2n) is 10.2. The van der Waals surface area contributed by atoms with Crippen LogP contribution in [0.15, 0.2) is 23.1 Å². The zero-order chi connectivity index (χ0) is 23.6. The highest BCUT2D eigenvalue weighted by Gasteiger charge is 2.30. The van der Waals surface area contributed by atoms with Crippen LogP contribution in [0.5, 0.6) is 0 Å². The zero-order valence-corrected chi connectivity index (χ0v) is 20.5. The Morgan fingerprint density at radius 1 is 1.24 bits per heavy atom. The molecule has 1 N–H and O–H groups in total. The first-order valence-electron chi connectivity index (χ1n) is 11.8. The minimum Gasteiger partial charge on any atom is -0.381 e. The summed E-state index contributed by atoms with van der Waals surface area (Å²) in [5, 5.41) is 2.28. The lowest BCUT2D eigenvalue weighted by atomic mass is 9.94. The van der Waals surface area contributed by atoms with Gasteiger partial charge in [-0.15, -0.1) is 0 Å². The lowest BCUT2D eigenvalue weighted by Gasteiger charge is -2.37. The van der Waals surface area contributed by atoms with Gasteiger partial charge in [-0.3, -0.25) is 4.79 Å². The highest BCUT2D eigenvalue weighted by Crippen LogP contribution is 2.35. The van der Waals surface area contributed by atoms with Crippen molar-refractivity contribution < 1.29 is 18.3 Å². The summed E-state index contributed by atoms with van der Waals surface area (Å²) >= 11 is 1.67. The van der Waals surface area contributed by atoms with Gasteiger partial charge in [-0.05, 0) is 54.8 Å². The summed E-state index contributed by atoms with van der Waals surface area (Å²) in [5.74, 6) is 1.65. The monoisotopic (exact) mass is 480 g/mol. The molecule has 2 aliphatic rings. The van der Waals surface area contributed by atoms with E-state index in [9.17, 15) is 13.6 Å². The Labute approximate surface area is 198 Å². The molecule has 1 aromatic heterocycles. The Balaban J connectivity index is 1.40. The molecule has 1 amide bonds. The van der Waals surface area contributed by atoms with Crippen molar-refractivity contribution in [2.24, 2.45) is 11.8 Å². The van der Waals surface area contributed by atoms with E-state index in [1.165, 1.54) is 5.52 Å². The molecule has 1 aromatic carbocycles. The lowest BCUT2D eigenvalue weighted by molar-refractivity contribution is -0.123. The molecule has 9 heteroatoms. The van der Waals surface area contributed by atoms with Crippen LogP contribution in [0.25, 0.3) is 11.0 Å². The fourth-order valence-corrected chi connectivity index (χ4v) is 5.67. The summed E-state index contributed by atoms with van der Waals surface area (Å²) in [4.78, 5) is 17.9. The molecule has 0 radical (unpaired) electrons. The molecule has 0 spiro atoms. The molecule has 182 valence electrons. The van der Waals surface area contributed by atoms with Crippen molar-refractivity contribution in [1.29, 1.82) is 0 Å². The highest BCUT2D eigenvalue weighted by molar-refractivity contribution is 7.97. The average molecular weight is 481 g/mol. The second-order valence-corrected chi connectivity index (χ2v) is 11.4. The molecular weight excluding hydrogens is 446 g/mol. The van der Waals surface area contributed by atoms with Gasteiger partial charge in [0.05, 0.1) is 17.6 Å². The molecule has 0 aliphatic carbocycles. The number of hydrogen-bond acceptors (Lipinski definition) is 5. The molecule has 2 fully saturated rings. The SMILES string of the molecule is CC(C)(C)c1nc2cc(SN3CC(CC(=O)NCC(F)F)C3)ccc2n1CC1CCOCC1. The Hall–Kier alpha value is -1.71. The van der Waals surface area contributed by atoms with E-state index in [1.54, 1.807) is 11.9 Å². The number of hydrogen-bond donors (Lipinski definition) is 1. The first-order chi connectivity index (χ1) is 15.7. The van der Waals surface area contributed by atoms with E-state index in [0.29, 0.717) is 12.3 Å². The highest BCUT2D eigenvalue weighted by atomic mass is 32.2. The molecule has 2 saturated heterocycles. The summed E-state index contributed by atoms with van der Waals surface area (Å²) in [7, 11) is 0. The molecule has 33 heavy (non-hydrogen) atoms. The van der Waals surface area contributed by atoms with Crippen LogP contribution in [0.2, 0.25) is 0 Å². The predicted octanol–water partition coefficient (Wildman–Crippen LogP) is 4.47. The third-order valence-corrected chi connectivity index (χ3v) is 7.28. The molecule has 0 atom stereocenters. The number of ether oxygens (including phenoxy) is 1. The molecule has 3 heterocycles. The molecule has 0 bridgehead atoms. The Kier molecular flexibility index (Phi) is 7.60. The molecule has 0 unspecified atom stereocenters. The smallest absolute Gasteiger partial charge is 0.255 e. The van der Waals surface area contributed by atoms with Crippen molar-refractivity contribution in [2.75, 3.05) is 32.8 Å². The van der Waals surface area contributed by atoms with Gasteiger partial charge in [0, 0.05) is 49.6 Å². The first-order valence-corrected chi connectivity index (χ1v) is 12.5. The maximum absolute atomic E-state index is 12.2. The summed E-state index contributed by atoms with van der Waals surface area (Å²) in [6, 6.07) is 6.47. The van der Waals surface area contributed by atoms with Crippen LogP contribution >= 0.6 is 11.9 Å². The van der Waals surface area contributed by atoms with Crippen LogP contribution in [0.4, 0.5) is 8.78 Å². The number of nitrogens with one attached hydrogen (secondary N) is 1. The molecule has 4 rings (SSSR count). The van der Waals surface area contributed by atoms with Crippen LogP contribution in [0, 0.1) is 11.8 Å². The molecule has 0 saturated carbocycles. The van der Waals surface area contributed by atoms with Gasteiger partial charge in [0.2, 0.25) is 5.91 Å². The van der Waals surface area contributed by atoms with Crippen LogP contribution in [0.3, 0.4) is 0 Å². The number of benzene rings is 1. The predicted molar refractivity (Wildman–Crippen MR) is 127 cm³/mol. The van der Waals surface area contributed by atoms with Gasteiger partial charge >= 0.3 is 0 Å². The van der Waals surface area contributed by atoms with Crippen molar-refractivity contribution in [2.45, 2.75) is 63.3 Å². The normalized spacial score (nSPS) is 18.7. The minimum absolute atomic E-state index is 0.0485. The number of nitrogens with zero attached hydrogens (tertiary/aromatic N) is 3.